The Balaban J connectivity index is 1.49. The monoisotopic (exact) mass is 409 g/mol. The van der Waals surface area contributed by atoms with Crippen molar-refractivity contribution >= 4 is 27.3 Å². The molecule has 0 spiro atoms. The molecule has 1 fully saturated rings. The summed E-state index contributed by atoms with van der Waals surface area (Å²) in [7, 11) is -1.99. The second kappa shape index (κ2) is 8.83. The van der Waals surface area contributed by atoms with Crippen molar-refractivity contribution in [1.82, 2.24) is 14.5 Å². The number of thiophene rings is 1. The SMILES string of the molecule is COc1ccc(S(=O)(=O)N2CCN(CC(=O)NCc3cccs3)CC2)cc1. The molecule has 2 heterocycles. The molecule has 1 amide bonds. The lowest BCUT2D eigenvalue weighted by atomic mass is 10.3. The minimum absolute atomic E-state index is 0.0464. The third-order valence-corrected chi connectivity index (χ3v) is 7.22. The van der Waals surface area contributed by atoms with Crippen molar-refractivity contribution in [3.8, 4) is 5.75 Å². The first-order chi connectivity index (χ1) is 13.0. The van der Waals surface area contributed by atoms with Gasteiger partial charge in [0.05, 0.1) is 25.1 Å². The summed E-state index contributed by atoms with van der Waals surface area (Å²) in [6.07, 6.45) is 0. The number of carbonyl (C=O) groups excluding carboxylic acids is 1. The van der Waals surface area contributed by atoms with Crippen molar-refractivity contribution in [2.24, 2.45) is 0 Å². The van der Waals surface area contributed by atoms with Crippen molar-refractivity contribution < 1.29 is 17.9 Å². The number of rotatable bonds is 7. The van der Waals surface area contributed by atoms with Crippen LogP contribution in [0.4, 0.5) is 0 Å². The molecule has 1 aliphatic rings. The third-order valence-electron chi connectivity index (χ3n) is 4.44. The van der Waals surface area contributed by atoms with Gasteiger partial charge in [0.2, 0.25) is 15.9 Å². The fourth-order valence-corrected chi connectivity index (χ4v) is 4.95. The molecular formula is C18H23N3O4S2. The van der Waals surface area contributed by atoms with Gasteiger partial charge in [-0.25, -0.2) is 8.42 Å². The molecule has 1 N–H and O–H groups in total. The van der Waals surface area contributed by atoms with Gasteiger partial charge in [-0.3, -0.25) is 9.69 Å². The van der Waals surface area contributed by atoms with Crippen LogP contribution in [0.1, 0.15) is 4.88 Å². The second-order valence-electron chi connectivity index (χ2n) is 6.21. The average molecular weight is 410 g/mol. The standard InChI is InChI=1S/C18H23N3O4S2/c1-25-15-4-6-17(7-5-15)27(23,24)21-10-8-20(9-11-21)14-18(22)19-13-16-3-2-12-26-16/h2-7,12H,8-11,13-14H2,1H3,(H,19,22). The smallest absolute Gasteiger partial charge is 0.243 e. The first kappa shape index (κ1) is 19.8. The van der Waals surface area contributed by atoms with E-state index in [1.165, 1.54) is 4.31 Å². The van der Waals surface area contributed by atoms with Crippen molar-refractivity contribution in [3.05, 3.63) is 46.7 Å². The Morgan fingerprint density at radius 3 is 2.44 bits per heavy atom. The maximum absolute atomic E-state index is 12.7. The molecule has 9 heteroatoms. The van der Waals surface area contributed by atoms with Gasteiger partial charge >= 0.3 is 0 Å². The summed E-state index contributed by atoms with van der Waals surface area (Å²) in [4.78, 5) is 15.4. The predicted octanol–water partition coefficient (Wildman–Crippen LogP) is 1.38. The van der Waals surface area contributed by atoms with E-state index >= 15 is 0 Å². The number of nitrogens with zero attached hydrogens (tertiary/aromatic N) is 2. The Bertz CT molecular complexity index is 843. The number of piperazine rings is 1. The number of amides is 1. The van der Waals surface area contributed by atoms with E-state index in [-0.39, 0.29) is 17.3 Å². The van der Waals surface area contributed by atoms with E-state index < -0.39 is 10.0 Å². The van der Waals surface area contributed by atoms with Crippen LogP contribution in [0.3, 0.4) is 0 Å². The van der Waals surface area contributed by atoms with Crippen molar-refractivity contribution in [2.45, 2.75) is 11.4 Å². The van der Waals surface area contributed by atoms with E-state index in [2.05, 4.69) is 5.32 Å². The molecule has 7 nitrogen and oxygen atoms in total. The fraction of sp³-hybridized carbons (Fsp3) is 0.389. The van der Waals surface area contributed by atoms with Gasteiger partial charge in [0, 0.05) is 31.1 Å². The average Bonchev–Trinajstić information content (AvgIpc) is 3.20. The highest BCUT2D eigenvalue weighted by Gasteiger charge is 2.29. The largest absolute Gasteiger partial charge is 0.497 e. The predicted molar refractivity (Wildman–Crippen MR) is 104 cm³/mol. The van der Waals surface area contributed by atoms with Crippen LogP contribution in [0.15, 0.2) is 46.7 Å². The van der Waals surface area contributed by atoms with E-state index in [1.807, 2.05) is 22.4 Å². The minimum Gasteiger partial charge on any atom is -0.497 e. The van der Waals surface area contributed by atoms with E-state index in [9.17, 15) is 13.2 Å². The molecule has 1 saturated heterocycles. The number of sulfonamides is 1. The molecule has 0 unspecified atom stereocenters. The molecule has 1 aromatic carbocycles. The summed E-state index contributed by atoms with van der Waals surface area (Å²) in [6.45, 7) is 2.60. The summed E-state index contributed by atoms with van der Waals surface area (Å²) in [6, 6.07) is 10.3. The lowest BCUT2D eigenvalue weighted by Crippen LogP contribution is -2.50. The molecular weight excluding hydrogens is 386 g/mol. The first-order valence-electron chi connectivity index (χ1n) is 8.64. The molecule has 0 atom stereocenters. The van der Waals surface area contributed by atoms with Gasteiger partial charge in [-0.2, -0.15) is 4.31 Å². The number of hydrogen-bond donors (Lipinski definition) is 1. The van der Waals surface area contributed by atoms with E-state index in [0.29, 0.717) is 38.5 Å². The lowest BCUT2D eigenvalue weighted by Gasteiger charge is -2.33. The lowest BCUT2D eigenvalue weighted by molar-refractivity contribution is -0.122. The number of methoxy groups -OCH3 is 1. The maximum Gasteiger partial charge on any atom is 0.243 e. The van der Waals surface area contributed by atoms with Gasteiger partial charge in [-0.15, -0.1) is 11.3 Å². The minimum atomic E-state index is -3.53. The number of ether oxygens (including phenoxy) is 1. The van der Waals surface area contributed by atoms with E-state index in [1.54, 1.807) is 42.7 Å². The summed E-state index contributed by atoms with van der Waals surface area (Å²) in [5.74, 6) is 0.571. The zero-order valence-electron chi connectivity index (χ0n) is 15.1. The molecule has 0 bridgehead atoms. The van der Waals surface area contributed by atoms with Crippen LogP contribution in [0.5, 0.6) is 5.75 Å². The van der Waals surface area contributed by atoms with Crippen LogP contribution in [-0.2, 0) is 21.4 Å². The molecule has 1 aliphatic heterocycles. The number of carbonyl (C=O) groups is 1. The highest BCUT2D eigenvalue weighted by atomic mass is 32.2. The van der Waals surface area contributed by atoms with Crippen LogP contribution < -0.4 is 10.1 Å². The van der Waals surface area contributed by atoms with Gasteiger partial charge in [-0.05, 0) is 35.7 Å². The van der Waals surface area contributed by atoms with Crippen LogP contribution in [0, 0.1) is 0 Å². The van der Waals surface area contributed by atoms with Gasteiger partial charge in [-0.1, -0.05) is 6.07 Å². The molecule has 0 aliphatic carbocycles. The molecule has 0 radical (unpaired) electrons. The van der Waals surface area contributed by atoms with E-state index in [0.717, 1.165) is 4.88 Å². The maximum atomic E-state index is 12.7. The Labute approximate surface area is 163 Å². The zero-order valence-corrected chi connectivity index (χ0v) is 16.8. The molecule has 27 heavy (non-hydrogen) atoms. The van der Waals surface area contributed by atoms with Crippen LogP contribution in [-0.4, -0.2) is 63.4 Å². The van der Waals surface area contributed by atoms with Crippen molar-refractivity contribution in [1.29, 1.82) is 0 Å². The number of nitrogens with one attached hydrogen (secondary N) is 1. The molecule has 2 aromatic rings. The summed E-state index contributed by atoms with van der Waals surface area (Å²) < 4.78 is 32.0. The normalized spacial score (nSPS) is 16.2. The first-order valence-corrected chi connectivity index (χ1v) is 11.0. The zero-order chi connectivity index (χ0) is 19.3. The Hall–Kier alpha value is -1.94. The number of benzene rings is 1. The van der Waals surface area contributed by atoms with Crippen LogP contribution in [0.25, 0.3) is 0 Å². The van der Waals surface area contributed by atoms with Gasteiger partial charge < -0.3 is 10.1 Å². The third kappa shape index (κ3) is 5.07. The summed E-state index contributed by atoms with van der Waals surface area (Å²) >= 11 is 1.60. The second-order valence-corrected chi connectivity index (χ2v) is 9.18. The molecule has 1 aromatic heterocycles. The highest BCUT2D eigenvalue weighted by molar-refractivity contribution is 7.89. The highest BCUT2D eigenvalue weighted by Crippen LogP contribution is 2.20. The Morgan fingerprint density at radius 1 is 1.15 bits per heavy atom. The van der Waals surface area contributed by atoms with Crippen LogP contribution >= 0.6 is 11.3 Å². The van der Waals surface area contributed by atoms with Gasteiger partial charge in [0.1, 0.15) is 5.75 Å². The Kier molecular flexibility index (Phi) is 6.48. The van der Waals surface area contributed by atoms with Gasteiger partial charge in [0.25, 0.3) is 0 Å². The summed E-state index contributed by atoms with van der Waals surface area (Å²) in [5, 5.41) is 4.87. The topological polar surface area (TPSA) is 79.0 Å². The summed E-state index contributed by atoms with van der Waals surface area (Å²) in [5.41, 5.74) is 0. The Morgan fingerprint density at radius 2 is 1.85 bits per heavy atom. The molecule has 146 valence electrons. The molecule has 3 rings (SSSR count). The van der Waals surface area contributed by atoms with Crippen molar-refractivity contribution in [2.75, 3.05) is 39.8 Å². The molecule has 0 saturated carbocycles. The van der Waals surface area contributed by atoms with Crippen molar-refractivity contribution in [3.63, 3.8) is 0 Å². The van der Waals surface area contributed by atoms with E-state index in [4.69, 9.17) is 4.74 Å². The van der Waals surface area contributed by atoms with Crippen LogP contribution in [0.2, 0.25) is 0 Å². The number of hydrogen-bond acceptors (Lipinski definition) is 6. The fourth-order valence-electron chi connectivity index (χ4n) is 2.88. The van der Waals surface area contributed by atoms with Gasteiger partial charge in [0.15, 0.2) is 0 Å². The quantitative estimate of drug-likeness (QED) is 0.747.